The molecule has 1 aliphatic carbocycles. The molecule has 1 aromatic heterocycles. The standard InChI is InChI=1S/C16H20N2/c1-2-13(12-8-4-3-5-9-12)16-17-14-10-6-7-11-15(14)18-16/h2,6-7,10-13H,1,3-5,8-9H2,(H,17,18). The number of nitrogens with one attached hydrogen (secondary N) is 1. The molecule has 18 heavy (non-hydrogen) atoms. The maximum Gasteiger partial charge on any atom is 0.114 e. The van der Waals surface area contributed by atoms with Crippen molar-refractivity contribution in [2.75, 3.05) is 0 Å². The van der Waals surface area contributed by atoms with Gasteiger partial charge in [0.1, 0.15) is 5.82 Å². The Labute approximate surface area is 108 Å². The molecule has 94 valence electrons. The van der Waals surface area contributed by atoms with E-state index >= 15 is 0 Å². The summed E-state index contributed by atoms with van der Waals surface area (Å²) in [5.41, 5.74) is 2.20. The number of benzene rings is 1. The van der Waals surface area contributed by atoms with Crippen molar-refractivity contribution in [2.45, 2.75) is 38.0 Å². The van der Waals surface area contributed by atoms with Crippen LogP contribution in [-0.4, -0.2) is 9.97 Å². The van der Waals surface area contributed by atoms with Crippen LogP contribution >= 0.6 is 0 Å². The van der Waals surface area contributed by atoms with Crippen molar-refractivity contribution in [1.82, 2.24) is 9.97 Å². The van der Waals surface area contributed by atoms with Crippen molar-refractivity contribution in [3.63, 3.8) is 0 Å². The normalized spacial score (nSPS) is 18.9. The summed E-state index contributed by atoms with van der Waals surface area (Å²) in [5.74, 6) is 2.20. The van der Waals surface area contributed by atoms with Crippen LogP contribution in [0.2, 0.25) is 0 Å². The fourth-order valence-corrected chi connectivity index (χ4v) is 3.15. The van der Waals surface area contributed by atoms with Crippen molar-refractivity contribution >= 4 is 11.0 Å². The number of aromatic nitrogens is 2. The molecule has 0 spiro atoms. The highest BCUT2D eigenvalue weighted by atomic mass is 14.9. The number of nitrogens with zero attached hydrogens (tertiary/aromatic N) is 1. The number of para-hydroxylation sites is 2. The first-order valence-corrected chi connectivity index (χ1v) is 6.95. The first-order chi connectivity index (χ1) is 8.88. The van der Waals surface area contributed by atoms with Gasteiger partial charge in [0.05, 0.1) is 11.0 Å². The first-order valence-electron chi connectivity index (χ1n) is 6.95. The third-order valence-corrected chi connectivity index (χ3v) is 4.14. The zero-order valence-electron chi connectivity index (χ0n) is 10.7. The minimum absolute atomic E-state index is 0.387. The lowest BCUT2D eigenvalue weighted by molar-refractivity contribution is 0.327. The second-order valence-electron chi connectivity index (χ2n) is 5.30. The molecule has 1 aliphatic rings. The third kappa shape index (κ3) is 2.07. The Morgan fingerprint density at radius 2 is 2.00 bits per heavy atom. The highest BCUT2D eigenvalue weighted by molar-refractivity contribution is 5.74. The van der Waals surface area contributed by atoms with Gasteiger partial charge in [-0.3, -0.25) is 0 Å². The molecular weight excluding hydrogens is 220 g/mol. The number of aromatic amines is 1. The van der Waals surface area contributed by atoms with Gasteiger partial charge in [-0.05, 0) is 30.9 Å². The van der Waals surface area contributed by atoms with Gasteiger partial charge in [-0.1, -0.05) is 37.5 Å². The van der Waals surface area contributed by atoms with Crippen LogP contribution in [0.25, 0.3) is 11.0 Å². The summed E-state index contributed by atoms with van der Waals surface area (Å²) in [6, 6.07) is 8.24. The zero-order valence-corrected chi connectivity index (χ0v) is 10.7. The summed E-state index contributed by atoms with van der Waals surface area (Å²) >= 11 is 0. The van der Waals surface area contributed by atoms with Gasteiger partial charge in [0.25, 0.3) is 0 Å². The predicted molar refractivity (Wildman–Crippen MR) is 75.6 cm³/mol. The third-order valence-electron chi connectivity index (χ3n) is 4.14. The van der Waals surface area contributed by atoms with Gasteiger partial charge in [-0.2, -0.15) is 0 Å². The number of imidazole rings is 1. The Morgan fingerprint density at radius 3 is 2.72 bits per heavy atom. The first kappa shape index (κ1) is 11.5. The molecule has 1 heterocycles. The van der Waals surface area contributed by atoms with Crippen molar-refractivity contribution in [3.8, 4) is 0 Å². The number of rotatable bonds is 3. The van der Waals surface area contributed by atoms with Gasteiger partial charge in [0, 0.05) is 5.92 Å². The van der Waals surface area contributed by atoms with Crippen LogP contribution in [0.5, 0.6) is 0 Å². The fraction of sp³-hybridized carbons (Fsp3) is 0.438. The SMILES string of the molecule is C=CC(c1nc2ccccc2[nH]1)C1CCCCC1. The predicted octanol–water partition coefficient (Wildman–Crippen LogP) is 4.41. The Kier molecular flexibility index (Phi) is 3.18. The molecule has 0 amide bonds. The van der Waals surface area contributed by atoms with Crippen LogP contribution in [0.3, 0.4) is 0 Å². The molecule has 2 aromatic rings. The molecule has 0 bridgehead atoms. The number of H-pyrrole nitrogens is 1. The van der Waals surface area contributed by atoms with Crippen molar-refractivity contribution < 1.29 is 0 Å². The van der Waals surface area contributed by atoms with Crippen LogP contribution in [0, 0.1) is 5.92 Å². The minimum atomic E-state index is 0.387. The number of hydrogen-bond acceptors (Lipinski definition) is 1. The minimum Gasteiger partial charge on any atom is -0.341 e. The van der Waals surface area contributed by atoms with Gasteiger partial charge in [-0.15, -0.1) is 6.58 Å². The number of fused-ring (bicyclic) bond motifs is 1. The molecule has 0 radical (unpaired) electrons. The Bertz CT molecular complexity index is 502. The second kappa shape index (κ2) is 4.97. The van der Waals surface area contributed by atoms with Crippen molar-refractivity contribution in [1.29, 1.82) is 0 Å². The molecule has 0 aliphatic heterocycles. The van der Waals surface area contributed by atoms with Crippen LogP contribution in [0.1, 0.15) is 43.8 Å². The zero-order chi connectivity index (χ0) is 12.4. The summed E-state index contributed by atoms with van der Waals surface area (Å²) in [6.07, 6.45) is 8.81. The van der Waals surface area contributed by atoms with E-state index < -0.39 is 0 Å². The molecule has 2 nitrogen and oxygen atoms in total. The topological polar surface area (TPSA) is 28.7 Å². The largest absolute Gasteiger partial charge is 0.341 e. The van der Waals surface area contributed by atoms with E-state index in [1.807, 2.05) is 12.1 Å². The highest BCUT2D eigenvalue weighted by Gasteiger charge is 2.24. The summed E-state index contributed by atoms with van der Waals surface area (Å²) in [4.78, 5) is 8.19. The Balaban J connectivity index is 1.92. The van der Waals surface area contributed by atoms with E-state index in [1.54, 1.807) is 0 Å². The van der Waals surface area contributed by atoms with E-state index in [0.717, 1.165) is 22.8 Å². The average Bonchev–Trinajstić information content (AvgIpc) is 2.84. The summed E-state index contributed by atoms with van der Waals surface area (Å²) < 4.78 is 0. The smallest absolute Gasteiger partial charge is 0.114 e. The van der Waals surface area contributed by atoms with Crippen LogP contribution in [0.15, 0.2) is 36.9 Å². The van der Waals surface area contributed by atoms with E-state index in [1.165, 1.54) is 32.1 Å². The maximum absolute atomic E-state index is 4.73. The number of hydrogen-bond donors (Lipinski definition) is 1. The monoisotopic (exact) mass is 240 g/mol. The van der Waals surface area contributed by atoms with Gasteiger partial charge >= 0.3 is 0 Å². The molecular formula is C16H20N2. The molecule has 1 saturated carbocycles. The van der Waals surface area contributed by atoms with E-state index in [9.17, 15) is 0 Å². The molecule has 3 rings (SSSR count). The summed E-state index contributed by atoms with van der Waals surface area (Å²) in [6.45, 7) is 4.02. The van der Waals surface area contributed by atoms with Gasteiger partial charge in [-0.25, -0.2) is 4.98 Å². The van der Waals surface area contributed by atoms with Crippen LogP contribution in [0.4, 0.5) is 0 Å². The second-order valence-corrected chi connectivity index (χ2v) is 5.30. The van der Waals surface area contributed by atoms with Crippen molar-refractivity contribution in [3.05, 3.63) is 42.7 Å². The average molecular weight is 240 g/mol. The van der Waals surface area contributed by atoms with Crippen LogP contribution in [-0.2, 0) is 0 Å². The van der Waals surface area contributed by atoms with E-state index in [0.29, 0.717) is 5.92 Å². The number of allylic oxidation sites excluding steroid dienone is 1. The lowest BCUT2D eigenvalue weighted by atomic mass is 9.79. The molecule has 2 heteroatoms. The lowest BCUT2D eigenvalue weighted by Crippen LogP contribution is -2.15. The van der Waals surface area contributed by atoms with Gasteiger partial charge in [0.15, 0.2) is 0 Å². The molecule has 1 atom stereocenters. The van der Waals surface area contributed by atoms with Gasteiger partial charge in [0.2, 0.25) is 0 Å². The highest BCUT2D eigenvalue weighted by Crippen LogP contribution is 2.36. The summed E-state index contributed by atoms with van der Waals surface area (Å²) in [7, 11) is 0. The van der Waals surface area contributed by atoms with E-state index in [-0.39, 0.29) is 0 Å². The Morgan fingerprint density at radius 1 is 1.22 bits per heavy atom. The molecule has 1 unspecified atom stereocenters. The quantitative estimate of drug-likeness (QED) is 0.791. The summed E-state index contributed by atoms with van der Waals surface area (Å²) in [5, 5.41) is 0. The fourth-order valence-electron chi connectivity index (χ4n) is 3.15. The molecule has 1 N–H and O–H groups in total. The van der Waals surface area contributed by atoms with E-state index in [2.05, 4.69) is 29.8 Å². The van der Waals surface area contributed by atoms with Gasteiger partial charge < -0.3 is 4.98 Å². The lowest BCUT2D eigenvalue weighted by Gasteiger charge is -2.26. The van der Waals surface area contributed by atoms with Crippen LogP contribution < -0.4 is 0 Å². The maximum atomic E-state index is 4.73. The van der Waals surface area contributed by atoms with E-state index in [4.69, 9.17) is 4.98 Å². The Hall–Kier alpha value is -1.57. The molecule has 1 fully saturated rings. The molecule has 1 aromatic carbocycles. The van der Waals surface area contributed by atoms with Crippen molar-refractivity contribution in [2.24, 2.45) is 5.92 Å². The molecule has 0 saturated heterocycles.